The summed E-state index contributed by atoms with van der Waals surface area (Å²) in [7, 11) is 0. The fourth-order valence-corrected chi connectivity index (χ4v) is 6.51. The molecule has 6 N–H and O–H groups in total. The number of rotatable bonds is 33. The smallest absolute Gasteiger partial charge is 0.220 e. The molecule has 2 unspecified atom stereocenters. The number of carbonyl (C=O) groups is 1. The molecule has 1 aliphatic heterocycles. The van der Waals surface area contributed by atoms with E-state index in [1.807, 2.05) is 6.08 Å². The monoisotopic (exact) mass is 700 g/mol. The van der Waals surface area contributed by atoms with Crippen LogP contribution in [0.5, 0.6) is 0 Å². The molecule has 1 fully saturated rings. The molecule has 0 bridgehead atoms. The maximum atomic E-state index is 12.9. The SMILES string of the molecule is CCCCCCCCCCCCC/C=C/[C@@H](O)[C@H](CO[C@H]1O[C@H](CO)[C@H](O)C(O)C1O)NC(=O)CCCCCCCCCCCCCCC. The molecule has 1 aliphatic rings. The quantitative estimate of drug-likeness (QED) is 0.0307. The Balaban J connectivity index is 2.43. The summed E-state index contributed by atoms with van der Waals surface area (Å²) in [6.45, 7) is 3.75. The van der Waals surface area contributed by atoms with Crippen molar-refractivity contribution in [1.29, 1.82) is 0 Å². The van der Waals surface area contributed by atoms with Gasteiger partial charge < -0.3 is 40.3 Å². The van der Waals surface area contributed by atoms with Gasteiger partial charge in [0, 0.05) is 6.42 Å². The van der Waals surface area contributed by atoms with Crippen LogP contribution in [0, 0.1) is 0 Å². The number of ether oxygens (including phenoxy) is 2. The van der Waals surface area contributed by atoms with Gasteiger partial charge in [-0.3, -0.25) is 4.79 Å². The molecule has 0 aromatic rings. The highest BCUT2D eigenvalue weighted by atomic mass is 16.7. The minimum absolute atomic E-state index is 0.178. The summed E-state index contributed by atoms with van der Waals surface area (Å²) < 4.78 is 11.2. The van der Waals surface area contributed by atoms with Crippen molar-refractivity contribution in [3.8, 4) is 0 Å². The van der Waals surface area contributed by atoms with E-state index in [4.69, 9.17) is 9.47 Å². The zero-order chi connectivity index (χ0) is 36.0. The average Bonchev–Trinajstić information content (AvgIpc) is 3.10. The number of hydrogen-bond acceptors (Lipinski definition) is 8. The fourth-order valence-electron chi connectivity index (χ4n) is 6.51. The van der Waals surface area contributed by atoms with Gasteiger partial charge in [-0.05, 0) is 19.3 Å². The van der Waals surface area contributed by atoms with Crippen LogP contribution in [0.15, 0.2) is 12.2 Å². The van der Waals surface area contributed by atoms with E-state index < -0.39 is 49.5 Å². The molecule has 1 heterocycles. The van der Waals surface area contributed by atoms with Crippen LogP contribution in [0.2, 0.25) is 0 Å². The molecule has 9 heteroatoms. The third-order valence-electron chi connectivity index (χ3n) is 9.86. The van der Waals surface area contributed by atoms with Gasteiger partial charge in [0.05, 0.1) is 25.4 Å². The molecular formula is C40H77NO8. The van der Waals surface area contributed by atoms with Crippen LogP contribution in [0.4, 0.5) is 0 Å². The zero-order valence-electron chi connectivity index (χ0n) is 31.5. The summed E-state index contributed by atoms with van der Waals surface area (Å²) in [5.74, 6) is -0.178. The predicted octanol–water partition coefficient (Wildman–Crippen LogP) is 7.39. The minimum atomic E-state index is -1.56. The molecular weight excluding hydrogens is 622 g/mol. The maximum absolute atomic E-state index is 12.9. The van der Waals surface area contributed by atoms with E-state index in [0.717, 1.165) is 38.5 Å². The van der Waals surface area contributed by atoms with Gasteiger partial charge in [-0.15, -0.1) is 0 Å². The van der Waals surface area contributed by atoms with Crippen molar-refractivity contribution in [3.63, 3.8) is 0 Å². The second-order valence-electron chi connectivity index (χ2n) is 14.4. The molecule has 0 saturated carbocycles. The molecule has 0 radical (unpaired) electrons. The number of allylic oxidation sites excluding steroid dienone is 1. The number of carbonyl (C=O) groups excluding carboxylic acids is 1. The molecule has 1 amide bonds. The van der Waals surface area contributed by atoms with Gasteiger partial charge >= 0.3 is 0 Å². The zero-order valence-corrected chi connectivity index (χ0v) is 31.5. The maximum Gasteiger partial charge on any atom is 0.220 e. The summed E-state index contributed by atoms with van der Waals surface area (Å²) in [6.07, 6.45) is 26.7. The second-order valence-corrected chi connectivity index (χ2v) is 14.4. The lowest BCUT2D eigenvalue weighted by molar-refractivity contribution is -0.302. The van der Waals surface area contributed by atoms with Gasteiger partial charge in [-0.1, -0.05) is 167 Å². The summed E-state index contributed by atoms with van der Waals surface area (Å²) in [5.41, 5.74) is 0. The fraction of sp³-hybridized carbons (Fsp3) is 0.925. The largest absolute Gasteiger partial charge is 0.394 e. The predicted molar refractivity (Wildman–Crippen MR) is 198 cm³/mol. The summed E-state index contributed by atoms with van der Waals surface area (Å²) >= 11 is 0. The molecule has 290 valence electrons. The Hall–Kier alpha value is -1.07. The first-order chi connectivity index (χ1) is 23.8. The number of aliphatic hydroxyl groups excluding tert-OH is 5. The minimum Gasteiger partial charge on any atom is -0.394 e. The highest BCUT2D eigenvalue weighted by Gasteiger charge is 2.44. The van der Waals surface area contributed by atoms with Crippen LogP contribution < -0.4 is 5.32 Å². The van der Waals surface area contributed by atoms with Crippen LogP contribution in [-0.4, -0.2) is 87.5 Å². The topological polar surface area (TPSA) is 149 Å². The van der Waals surface area contributed by atoms with Crippen molar-refractivity contribution >= 4 is 5.91 Å². The van der Waals surface area contributed by atoms with Crippen molar-refractivity contribution in [3.05, 3.63) is 12.2 Å². The van der Waals surface area contributed by atoms with Crippen molar-refractivity contribution in [2.45, 2.75) is 224 Å². The Morgan fingerprint density at radius 3 is 1.59 bits per heavy atom. The molecule has 9 nitrogen and oxygen atoms in total. The van der Waals surface area contributed by atoms with Crippen LogP contribution >= 0.6 is 0 Å². The molecule has 1 rings (SSSR count). The van der Waals surface area contributed by atoms with Gasteiger partial charge in [-0.25, -0.2) is 0 Å². The van der Waals surface area contributed by atoms with E-state index in [2.05, 4.69) is 19.2 Å². The van der Waals surface area contributed by atoms with E-state index in [-0.39, 0.29) is 12.5 Å². The highest BCUT2D eigenvalue weighted by molar-refractivity contribution is 5.76. The van der Waals surface area contributed by atoms with E-state index in [0.29, 0.717) is 6.42 Å². The molecule has 0 aliphatic carbocycles. The third kappa shape index (κ3) is 23.2. The van der Waals surface area contributed by atoms with Crippen LogP contribution in [0.25, 0.3) is 0 Å². The molecule has 0 aromatic heterocycles. The van der Waals surface area contributed by atoms with Crippen LogP contribution in [0.3, 0.4) is 0 Å². The van der Waals surface area contributed by atoms with E-state index >= 15 is 0 Å². The Morgan fingerprint density at radius 1 is 0.673 bits per heavy atom. The van der Waals surface area contributed by atoms with Crippen molar-refractivity contribution < 1.29 is 39.8 Å². The van der Waals surface area contributed by atoms with Crippen molar-refractivity contribution in [1.82, 2.24) is 5.32 Å². The number of hydrogen-bond donors (Lipinski definition) is 6. The first-order valence-corrected chi connectivity index (χ1v) is 20.4. The molecule has 1 saturated heterocycles. The Labute approximate surface area is 299 Å². The lowest BCUT2D eigenvalue weighted by atomic mass is 9.99. The summed E-state index contributed by atoms with van der Waals surface area (Å²) in [5, 5.41) is 53.9. The second kappa shape index (κ2) is 31.6. The third-order valence-corrected chi connectivity index (χ3v) is 9.86. The first kappa shape index (κ1) is 46.0. The van der Waals surface area contributed by atoms with Gasteiger partial charge in [0.25, 0.3) is 0 Å². The molecule has 49 heavy (non-hydrogen) atoms. The molecule has 7 atom stereocenters. The number of unbranched alkanes of at least 4 members (excludes halogenated alkanes) is 23. The lowest BCUT2D eigenvalue weighted by Crippen LogP contribution is -2.60. The van der Waals surface area contributed by atoms with Crippen molar-refractivity contribution in [2.75, 3.05) is 13.2 Å². The summed E-state index contributed by atoms with van der Waals surface area (Å²) in [6, 6.07) is -0.796. The number of nitrogens with one attached hydrogen (secondary N) is 1. The molecule has 0 spiro atoms. The van der Waals surface area contributed by atoms with E-state index in [1.165, 1.54) is 122 Å². The van der Waals surface area contributed by atoms with Crippen molar-refractivity contribution in [2.24, 2.45) is 0 Å². The van der Waals surface area contributed by atoms with Crippen LogP contribution in [-0.2, 0) is 14.3 Å². The standard InChI is InChI=1S/C40H77NO8/c1-3-5-7-9-11-13-15-17-19-21-23-25-27-29-34(43)33(32-48-40-39(47)38(46)37(45)35(31-42)49-40)41-36(44)30-28-26-24-22-20-18-16-14-12-10-8-6-4-2/h27,29,33-35,37-40,42-43,45-47H,3-26,28,30-32H2,1-2H3,(H,41,44)/b29-27+/t33-,34+,35+,37-,38?,39?,40-/m0/s1. The number of aliphatic hydroxyl groups is 5. The lowest BCUT2D eigenvalue weighted by Gasteiger charge is -2.40. The van der Waals surface area contributed by atoms with Gasteiger partial charge in [0.2, 0.25) is 5.91 Å². The summed E-state index contributed by atoms with van der Waals surface area (Å²) in [4.78, 5) is 12.9. The Kier molecular flexibility index (Phi) is 29.7. The number of amides is 1. The van der Waals surface area contributed by atoms with Crippen LogP contribution in [0.1, 0.15) is 181 Å². The van der Waals surface area contributed by atoms with Gasteiger partial charge in [0.1, 0.15) is 24.4 Å². The van der Waals surface area contributed by atoms with E-state index in [1.54, 1.807) is 6.08 Å². The normalized spacial score (nSPS) is 22.5. The van der Waals surface area contributed by atoms with E-state index in [9.17, 15) is 30.3 Å². The highest BCUT2D eigenvalue weighted by Crippen LogP contribution is 2.22. The van der Waals surface area contributed by atoms with Gasteiger partial charge in [0.15, 0.2) is 6.29 Å². The Morgan fingerprint density at radius 2 is 1.12 bits per heavy atom. The Bertz CT molecular complexity index is 781. The van der Waals surface area contributed by atoms with Gasteiger partial charge in [-0.2, -0.15) is 0 Å². The molecule has 0 aromatic carbocycles. The average molecular weight is 700 g/mol. The first-order valence-electron chi connectivity index (χ1n) is 20.4.